The van der Waals surface area contributed by atoms with Gasteiger partial charge in [0.15, 0.2) is 0 Å². The highest BCUT2D eigenvalue weighted by Gasteiger charge is 2.06. The van der Waals surface area contributed by atoms with E-state index >= 15 is 0 Å². The molecular weight excluding hydrogens is 252 g/mol. The molecule has 0 saturated heterocycles. The third kappa shape index (κ3) is 3.00. The fourth-order valence-electron chi connectivity index (χ4n) is 1.31. The number of nitriles is 1. The molecule has 0 radical (unpaired) electrons. The lowest BCUT2D eigenvalue weighted by molar-refractivity contribution is 1.05. The number of pyridine rings is 1. The largest absolute Gasteiger partial charge is 0.245 e. The molecule has 2 rings (SSSR count). The van der Waals surface area contributed by atoms with Gasteiger partial charge in [0.2, 0.25) is 0 Å². The van der Waals surface area contributed by atoms with Crippen molar-refractivity contribution in [3.63, 3.8) is 0 Å². The van der Waals surface area contributed by atoms with Gasteiger partial charge in [0.25, 0.3) is 0 Å². The highest BCUT2D eigenvalue weighted by Crippen LogP contribution is 2.29. The minimum Gasteiger partial charge on any atom is -0.245 e. The molecule has 0 amide bonds. The van der Waals surface area contributed by atoms with Crippen LogP contribution in [0.15, 0.2) is 46.3 Å². The molecule has 1 aromatic heterocycles. The molecule has 0 aliphatic carbocycles. The van der Waals surface area contributed by atoms with E-state index in [9.17, 15) is 0 Å². The SMILES string of the molecule is Cc1ccc(C#N)c(Sc2ccc(Cl)cc2)n1. The molecule has 4 heteroatoms. The first-order valence-electron chi connectivity index (χ1n) is 5.00. The van der Waals surface area contributed by atoms with Crippen LogP contribution in [0.4, 0.5) is 0 Å². The molecule has 2 aromatic rings. The molecule has 1 heterocycles. The fourth-order valence-corrected chi connectivity index (χ4v) is 2.34. The van der Waals surface area contributed by atoms with Crippen molar-refractivity contribution in [2.75, 3.05) is 0 Å². The molecule has 0 fully saturated rings. The summed E-state index contributed by atoms with van der Waals surface area (Å²) in [5.74, 6) is 0. The Balaban J connectivity index is 2.32. The van der Waals surface area contributed by atoms with Crippen LogP contribution in [0.25, 0.3) is 0 Å². The second kappa shape index (κ2) is 5.22. The zero-order valence-electron chi connectivity index (χ0n) is 9.14. The summed E-state index contributed by atoms with van der Waals surface area (Å²) in [6, 6.07) is 13.3. The van der Waals surface area contributed by atoms with Gasteiger partial charge in [-0.3, -0.25) is 0 Å². The molecule has 0 aliphatic rings. The first-order valence-corrected chi connectivity index (χ1v) is 6.19. The van der Waals surface area contributed by atoms with Gasteiger partial charge < -0.3 is 0 Å². The van der Waals surface area contributed by atoms with E-state index in [1.807, 2.05) is 37.3 Å². The maximum atomic E-state index is 9.01. The molecule has 1 aromatic carbocycles. The van der Waals surface area contributed by atoms with E-state index in [2.05, 4.69) is 11.1 Å². The van der Waals surface area contributed by atoms with Gasteiger partial charge >= 0.3 is 0 Å². The highest BCUT2D eigenvalue weighted by atomic mass is 35.5. The predicted molar refractivity (Wildman–Crippen MR) is 69.3 cm³/mol. The van der Waals surface area contributed by atoms with Crippen molar-refractivity contribution in [1.29, 1.82) is 5.26 Å². The van der Waals surface area contributed by atoms with E-state index in [1.54, 1.807) is 6.07 Å². The van der Waals surface area contributed by atoms with Crippen LogP contribution in [-0.4, -0.2) is 4.98 Å². The van der Waals surface area contributed by atoms with Gasteiger partial charge in [0.1, 0.15) is 11.1 Å². The summed E-state index contributed by atoms with van der Waals surface area (Å²) in [6.45, 7) is 1.91. The lowest BCUT2D eigenvalue weighted by atomic mass is 10.3. The van der Waals surface area contributed by atoms with E-state index in [-0.39, 0.29) is 0 Å². The number of aromatic nitrogens is 1. The Bertz CT molecular complexity index is 573. The summed E-state index contributed by atoms with van der Waals surface area (Å²) in [7, 11) is 0. The zero-order valence-corrected chi connectivity index (χ0v) is 10.7. The first kappa shape index (κ1) is 12.0. The van der Waals surface area contributed by atoms with E-state index in [0.29, 0.717) is 10.6 Å². The third-order valence-electron chi connectivity index (χ3n) is 2.15. The van der Waals surface area contributed by atoms with Crippen molar-refractivity contribution < 1.29 is 0 Å². The molecule has 2 nitrogen and oxygen atoms in total. The van der Waals surface area contributed by atoms with Crippen LogP contribution in [-0.2, 0) is 0 Å². The van der Waals surface area contributed by atoms with Crippen LogP contribution in [0, 0.1) is 18.3 Å². The van der Waals surface area contributed by atoms with Crippen molar-refractivity contribution in [3.8, 4) is 6.07 Å². The van der Waals surface area contributed by atoms with E-state index < -0.39 is 0 Å². The molecule has 0 N–H and O–H groups in total. The summed E-state index contributed by atoms with van der Waals surface area (Å²) in [6.07, 6.45) is 0. The quantitative estimate of drug-likeness (QED) is 0.817. The standard InChI is InChI=1S/C13H9ClN2S/c1-9-2-3-10(8-15)13(16-9)17-12-6-4-11(14)5-7-12/h2-7H,1H3. The monoisotopic (exact) mass is 260 g/mol. The predicted octanol–water partition coefficient (Wildman–Crippen LogP) is 4.07. The minimum absolute atomic E-state index is 0.593. The minimum atomic E-state index is 0.593. The van der Waals surface area contributed by atoms with Crippen LogP contribution >= 0.6 is 23.4 Å². The van der Waals surface area contributed by atoms with Gasteiger partial charge in [-0.05, 0) is 43.3 Å². The van der Waals surface area contributed by atoms with Crippen LogP contribution < -0.4 is 0 Å². The zero-order chi connectivity index (χ0) is 12.3. The van der Waals surface area contributed by atoms with E-state index in [0.717, 1.165) is 15.6 Å². The normalized spacial score (nSPS) is 9.94. The second-order valence-electron chi connectivity index (χ2n) is 3.47. The summed E-state index contributed by atoms with van der Waals surface area (Å²) in [5.41, 5.74) is 1.50. The van der Waals surface area contributed by atoms with Crippen molar-refractivity contribution in [3.05, 3.63) is 52.7 Å². The Labute approximate surface area is 109 Å². The van der Waals surface area contributed by atoms with Crippen LogP contribution in [0.1, 0.15) is 11.3 Å². The maximum Gasteiger partial charge on any atom is 0.119 e. The fraction of sp³-hybridized carbons (Fsp3) is 0.0769. The number of rotatable bonds is 2. The first-order chi connectivity index (χ1) is 8.19. The van der Waals surface area contributed by atoms with Crippen molar-refractivity contribution >= 4 is 23.4 Å². The Morgan fingerprint density at radius 1 is 1.18 bits per heavy atom. The molecule has 84 valence electrons. The molecule has 0 bridgehead atoms. The molecule has 0 unspecified atom stereocenters. The number of aryl methyl sites for hydroxylation is 1. The third-order valence-corrected chi connectivity index (χ3v) is 3.41. The van der Waals surface area contributed by atoms with Crippen molar-refractivity contribution in [2.45, 2.75) is 16.8 Å². The molecule has 0 spiro atoms. The molecule has 17 heavy (non-hydrogen) atoms. The Morgan fingerprint density at radius 2 is 1.88 bits per heavy atom. The Hall–Kier alpha value is -1.50. The summed E-state index contributed by atoms with van der Waals surface area (Å²) in [4.78, 5) is 5.39. The second-order valence-corrected chi connectivity index (χ2v) is 4.97. The Morgan fingerprint density at radius 3 is 2.53 bits per heavy atom. The number of hydrogen-bond acceptors (Lipinski definition) is 3. The molecule has 0 saturated carbocycles. The summed E-state index contributed by atoms with van der Waals surface area (Å²) >= 11 is 7.29. The Kier molecular flexibility index (Phi) is 3.68. The number of hydrogen-bond donors (Lipinski definition) is 0. The summed E-state index contributed by atoms with van der Waals surface area (Å²) in [5, 5.41) is 10.4. The number of nitrogens with zero attached hydrogens (tertiary/aromatic N) is 2. The van der Waals surface area contributed by atoms with Gasteiger partial charge in [-0.2, -0.15) is 5.26 Å². The topological polar surface area (TPSA) is 36.7 Å². The summed E-state index contributed by atoms with van der Waals surface area (Å²) < 4.78 is 0. The number of halogens is 1. The molecule has 0 atom stereocenters. The smallest absolute Gasteiger partial charge is 0.119 e. The lowest BCUT2D eigenvalue weighted by Crippen LogP contribution is -1.89. The van der Waals surface area contributed by atoms with Gasteiger partial charge in [-0.1, -0.05) is 23.4 Å². The average Bonchev–Trinajstić information content (AvgIpc) is 2.32. The average molecular weight is 261 g/mol. The van der Waals surface area contributed by atoms with Gasteiger partial charge in [-0.15, -0.1) is 0 Å². The van der Waals surface area contributed by atoms with Crippen LogP contribution in [0.5, 0.6) is 0 Å². The van der Waals surface area contributed by atoms with Crippen LogP contribution in [0.3, 0.4) is 0 Å². The molecule has 0 aliphatic heterocycles. The van der Waals surface area contributed by atoms with Gasteiger partial charge in [0.05, 0.1) is 5.56 Å². The maximum absolute atomic E-state index is 9.01. The van der Waals surface area contributed by atoms with Crippen molar-refractivity contribution in [1.82, 2.24) is 4.98 Å². The molecular formula is C13H9ClN2S. The number of benzene rings is 1. The van der Waals surface area contributed by atoms with Crippen LogP contribution in [0.2, 0.25) is 5.02 Å². The van der Waals surface area contributed by atoms with Gasteiger partial charge in [-0.25, -0.2) is 4.98 Å². The lowest BCUT2D eigenvalue weighted by Gasteiger charge is -2.04. The van der Waals surface area contributed by atoms with E-state index in [1.165, 1.54) is 11.8 Å². The van der Waals surface area contributed by atoms with Crippen molar-refractivity contribution in [2.24, 2.45) is 0 Å². The highest BCUT2D eigenvalue weighted by molar-refractivity contribution is 7.99. The van der Waals surface area contributed by atoms with E-state index in [4.69, 9.17) is 16.9 Å². The van der Waals surface area contributed by atoms with Gasteiger partial charge in [0, 0.05) is 15.6 Å².